The molecule has 170 valence electrons. The molecule has 0 bridgehead atoms. The van der Waals surface area contributed by atoms with Crippen molar-refractivity contribution in [3.63, 3.8) is 0 Å². The van der Waals surface area contributed by atoms with Gasteiger partial charge in [-0.15, -0.1) is 0 Å². The molecular weight excluding hydrogens is 422 g/mol. The van der Waals surface area contributed by atoms with Gasteiger partial charge in [0.1, 0.15) is 0 Å². The summed E-state index contributed by atoms with van der Waals surface area (Å²) in [6, 6.07) is 9.41. The summed E-state index contributed by atoms with van der Waals surface area (Å²) >= 11 is 0. The van der Waals surface area contributed by atoms with Gasteiger partial charge in [0.25, 0.3) is 5.56 Å². The molecule has 1 unspecified atom stereocenters. The zero-order valence-electron chi connectivity index (χ0n) is 18.9. The quantitative estimate of drug-likeness (QED) is 0.361. The average molecular weight is 447 g/mol. The third-order valence-corrected chi connectivity index (χ3v) is 6.22. The zero-order chi connectivity index (χ0) is 23.7. The number of para-hydroxylation sites is 1. The first-order valence-corrected chi connectivity index (χ1v) is 10.9. The van der Waals surface area contributed by atoms with Crippen LogP contribution in [0.5, 0.6) is 0 Å². The lowest BCUT2D eigenvalue weighted by molar-refractivity contribution is -0.199. The summed E-state index contributed by atoms with van der Waals surface area (Å²) in [6.45, 7) is 7.93. The lowest BCUT2D eigenvalue weighted by Gasteiger charge is -2.34. The highest BCUT2D eigenvalue weighted by atomic mass is 16.6. The van der Waals surface area contributed by atoms with Crippen LogP contribution in [0.4, 0.5) is 0 Å². The van der Waals surface area contributed by atoms with Gasteiger partial charge >= 0.3 is 5.97 Å². The van der Waals surface area contributed by atoms with E-state index < -0.39 is 23.4 Å². The number of carbonyl (C=O) groups excluding carboxylic acids is 1. The molecule has 0 saturated carbocycles. The van der Waals surface area contributed by atoms with Crippen LogP contribution in [0, 0.1) is 0 Å². The van der Waals surface area contributed by atoms with Gasteiger partial charge in [0.05, 0.1) is 34.6 Å². The van der Waals surface area contributed by atoms with Crippen molar-refractivity contribution in [3.8, 4) is 11.4 Å². The van der Waals surface area contributed by atoms with Gasteiger partial charge in [0, 0.05) is 28.3 Å². The highest BCUT2D eigenvalue weighted by molar-refractivity contribution is 5.99. The second-order valence-electron chi connectivity index (χ2n) is 9.56. The summed E-state index contributed by atoms with van der Waals surface area (Å²) in [7, 11) is 0. The first-order chi connectivity index (χ1) is 15.5. The number of aromatic nitrogens is 2. The summed E-state index contributed by atoms with van der Waals surface area (Å²) in [5.74, 6) is -0.972. The monoisotopic (exact) mass is 447 g/mol. The predicted molar refractivity (Wildman–Crippen MR) is 123 cm³/mol. The number of hydrogen-bond acceptors (Lipinski definition) is 7. The number of aliphatic hydroxyl groups excluding tert-OH is 1. The Hall–Kier alpha value is -3.36. The molecule has 4 heterocycles. The number of benzene rings is 1. The molecule has 0 radical (unpaired) electrons. The molecular formula is C25H25N3O5. The molecule has 5 rings (SSSR count). The molecule has 0 spiro atoms. The van der Waals surface area contributed by atoms with Crippen LogP contribution in [0.3, 0.4) is 0 Å². The van der Waals surface area contributed by atoms with E-state index in [1.807, 2.05) is 45.0 Å². The third-order valence-electron chi connectivity index (χ3n) is 6.22. The fourth-order valence-corrected chi connectivity index (χ4v) is 4.44. The van der Waals surface area contributed by atoms with Crippen molar-refractivity contribution in [2.45, 2.75) is 58.1 Å². The first-order valence-electron chi connectivity index (χ1n) is 10.9. The topological polar surface area (TPSA) is 114 Å². The lowest BCUT2D eigenvalue weighted by atomic mass is 9.85. The largest absolute Gasteiger partial charge is 0.429 e. The van der Waals surface area contributed by atoms with Crippen molar-refractivity contribution in [2.24, 2.45) is 4.99 Å². The molecule has 2 aromatic heterocycles. The number of hydrogen-bond donors (Lipinski definition) is 2. The molecule has 2 aliphatic heterocycles. The summed E-state index contributed by atoms with van der Waals surface area (Å²) in [4.78, 5) is 35.2. The maximum absolute atomic E-state index is 13.3. The number of aliphatic imine (C=N–C) groups is 1. The van der Waals surface area contributed by atoms with E-state index >= 15 is 0 Å². The molecule has 0 aliphatic carbocycles. The number of carbonyl (C=O) groups is 1. The maximum atomic E-state index is 13.3. The van der Waals surface area contributed by atoms with Crippen LogP contribution in [0.2, 0.25) is 0 Å². The summed E-state index contributed by atoms with van der Waals surface area (Å²) in [5, 5.41) is 22.2. The van der Waals surface area contributed by atoms with E-state index in [2.05, 4.69) is 4.99 Å². The second-order valence-corrected chi connectivity index (χ2v) is 9.56. The molecule has 33 heavy (non-hydrogen) atoms. The Kier molecular flexibility index (Phi) is 4.60. The van der Waals surface area contributed by atoms with Crippen molar-refractivity contribution < 1.29 is 19.7 Å². The van der Waals surface area contributed by atoms with E-state index in [1.54, 1.807) is 19.2 Å². The molecule has 0 fully saturated rings. The van der Waals surface area contributed by atoms with Gasteiger partial charge in [-0.25, -0.2) is 9.78 Å². The summed E-state index contributed by atoms with van der Waals surface area (Å²) in [5.41, 5.74) is 0.740. The van der Waals surface area contributed by atoms with Crippen LogP contribution in [0.15, 0.2) is 40.1 Å². The Bertz CT molecular complexity index is 1420. The van der Waals surface area contributed by atoms with Crippen molar-refractivity contribution in [1.82, 2.24) is 9.55 Å². The minimum atomic E-state index is -2.01. The second kappa shape index (κ2) is 7.07. The van der Waals surface area contributed by atoms with Gasteiger partial charge in [-0.1, -0.05) is 25.1 Å². The smallest absolute Gasteiger partial charge is 0.345 e. The number of esters is 1. The Morgan fingerprint density at radius 3 is 2.76 bits per heavy atom. The van der Waals surface area contributed by atoms with Gasteiger partial charge in [-0.05, 0) is 39.3 Å². The van der Waals surface area contributed by atoms with Gasteiger partial charge in [-0.3, -0.25) is 9.79 Å². The number of pyridine rings is 2. The van der Waals surface area contributed by atoms with Crippen LogP contribution < -0.4 is 5.56 Å². The molecule has 8 heteroatoms. The molecule has 1 aromatic carbocycles. The number of aliphatic hydroxyl groups is 2. The highest BCUT2D eigenvalue weighted by Gasteiger charge is 2.48. The Morgan fingerprint density at radius 1 is 1.30 bits per heavy atom. The third kappa shape index (κ3) is 3.20. The minimum absolute atomic E-state index is 0.000131. The number of rotatable bonds is 2. The van der Waals surface area contributed by atoms with E-state index in [0.29, 0.717) is 11.4 Å². The number of cyclic esters (lactones) is 1. The Balaban J connectivity index is 1.75. The van der Waals surface area contributed by atoms with Gasteiger partial charge in [-0.2, -0.15) is 0 Å². The van der Waals surface area contributed by atoms with E-state index in [-0.39, 0.29) is 29.6 Å². The normalized spacial score (nSPS) is 21.8. The zero-order valence-corrected chi connectivity index (χ0v) is 18.9. The molecule has 2 N–H and O–H groups in total. The highest BCUT2D eigenvalue weighted by Crippen LogP contribution is 2.41. The van der Waals surface area contributed by atoms with Crippen LogP contribution in [0.25, 0.3) is 22.3 Å². The molecule has 2 atom stereocenters. The minimum Gasteiger partial charge on any atom is -0.429 e. The SMILES string of the molecule is CC[C@@]1(O)C(=O)OC(O)c2c1cc1n(c2=O)Cc2cc3cccc(C=NC(C)(C)C)c3nc2-1. The van der Waals surface area contributed by atoms with Gasteiger partial charge in [0.15, 0.2) is 5.60 Å². The van der Waals surface area contributed by atoms with E-state index in [4.69, 9.17) is 9.72 Å². The van der Waals surface area contributed by atoms with Gasteiger partial charge in [0.2, 0.25) is 6.29 Å². The van der Waals surface area contributed by atoms with Crippen molar-refractivity contribution >= 4 is 23.1 Å². The molecule has 0 saturated heterocycles. The van der Waals surface area contributed by atoms with E-state index in [1.165, 1.54) is 4.57 Å². The fraction of sp³-hybridized carbons (Fsp3) is 0.360. The van der Waals surface area contributed by atoms with E-state index in [9.17, 15) is 19.8 Å². The van der Waals surface area contributed by atoms with Crippen LogP contribution >= 0.6 is 0 Å². The summed E-state index contributed by atoms with van der Waals surface area (Å²) < 4.78 is 6.39. The summed E-state index contributed by atoms with van der Waals surface area (Å²) in [6.07, 6.45) is 0.0826. The number of ether oxygens (including phenoxy) is 1. The Morgan fingerprint density at radius 2 is 2.06 bits per heavy atom. The number of fused-ring (bicyclic) bond motifs is 5. The van der Waals surface area contributed by atoms with Crippen LogP contribution in [-0.4, -0.2) is 37.5 Å². The Labute approximate surface area is 190 Å². The van der Waals surface area contributed by atoms with Gasteiger partial charge < -0.3 is 19.5 Å². The van der Waals surface area contributed by atoms with Crippen molar-refractivity contribution in [3.05, 3.63) is 62.9 Å². The fourth-order valence-electron chi connectivity index (χ4n) is 4.44. The lowest BCUT2D eigenvalue weighted by Crippen LogP contribution is -2.46. The maximum Gasteiger partial charge on any atom is 0.345 e. The molecule has 2 aliphatic rings. The van der Waals surface area contributed by atoms with Crippen LogP contribution in [-0.2, 0) is 21.7 Å². The first kappa shape index (κ1) is 21.5. The average Bonchev–Trinajstić information content (AvgIpc) is 3.12. The molecule has 8 nitrogen and oxygen atoms in total. The van der Waals surface area contributed by atoms with Crippen LogP contribution in [0.1, 0.15) is 62.7 Å². The molecule has 3 aromatic rings. The predicted octanol–water partition coefficient (Wildman–Crippen LogP) is 2.79. The van der Waals surface area contributed by atoms with Crippen molar-refractivity contribution in [1.29, 1.82) is 0 Å². The number of nitrogens with zero attached hydrogens (tertiary/aromatic N) is 3. The molecule has 0 amide bonds. The standard InChI is InChI=1S/C25H25N3O5/c1-5-25(32)16-10-17-20-15(12-28(17)21(29)18(16)22(30)33-23(25)31)9-13-7-6-8-14(19(13)27-20)11-26-24(2,3)4/h6-11,22,30,32H,5,12H2,1-4H3/t22?,25-/m0/s1. The van der Waals surface area contributed by atoms with Crippen molar-refractivity contribution in [2.75, 3.05) is 0 Å². The van der Waals surface area contributed by atoms with E-state index in [0.717, 1.165) is 22.0 Å².